The number of hydrogen-bond donors (Lipinski definition) is 1. The Labute approximate surface area is 89.6 Å². The third-order valence-electron chi connectivity index (χ3n) is 1.49. The van der Waals surface area contributed by atoms with Crippen molar-refractivity contribution in [3.05, 3.63) is 29.7 Å². The summed E-state index contributed by atoms with van der Waals surface area (Å²) in [5, 5.41) is 2.78. The Bertz CT molecular complexity index is 384. The fourth-order valence-corrected chi connectivity index (χ4v) is 2.33. The van der Waals surface area contributed by atoms with Crippen molar-refractivity contribution >= 4 is 23.1 Å². The van der Waals surface area contributed by atoms with Crippen molar-refractivity contribution in [2.24, 2.45) is 5.73 Å². The van der Waals surface area contributed by atoms with Gasteiger partial charge in [-0.3, -0.25) is 4.98 Å². The van der Waals surface area contributed by atoms with Gasteiger partial charge in [-0.2, -0.15) is 0 Å². The van der Waals surface area contributed by atoms with Gasteiger partial charge in [0.1, 0.15) is 5.03 Å². The normalized spacial score (nSPS) is 10.4. The lowest BCUT2D eigenvalue weighted by Crippen LogP contribution is -1.99. The monoisotopic (exact) mass is 224 g/mol. The van der Waals surface area contributed by atoms with Crippen molar-refractivity contribution in [2.75, 3.05) is 0 Å². The van der Waals surface area contributed by atoms with Crippen LogP contribution in [0.4, 0.5) is 0 Å². The summed E-state index contributed by atoms with van der Waals surface area (Å²) in [6.07, 6.45) is 5.18. The van der Waals surface area contributed by atoms with E-state index in [0.717, 1.165) is 15.1 Å². The summed E-state index contributed by atoms with van der Waals surface area (Å²) in [6, 6.07) is 0. The first-order valence-corrected chi connectivity index (χ1v) is 5.66. The number of nitrogens with zero attached hydrogens (tertiary/aromatic N) is 3. The van der Waals surface area contributed by atoms with E-state index in [-0.39, 0.29) is 0 Å². The minimum atomic E-state index is 0.426. The quantitative estimate of drug-likeness (QED) is 0.856. The van der Waals surface area contributed by atoms with Gasteiger partial charge in [-0.1, -0.05) is 0 Å². The van der Waals surface area contributed by atoms with Crippen molar-refractivity contribution in [3.63, 3.8) is 0 Å². The number of rotatable bonds is 3. The van der Waals surface area contributed by atoms with Crippen molar-refractivity contribution in [3.8, 4) is 0 Å². The van der Waals surface area contributed by atoms with E-state index in [4.69, 9.17) is 5.73 Å². The second-order valence-electron chi connectivity index (χ2n) is 2.45. The molecule has 2 aromatic heterocycles. The molecule has 0 amide bonds. The molecule has 0 atom stereocenters. The average molecular weight is 224 g/mol. The van der Waals surface area contributed by atoms with Gasteiger partial charge in [0.2, 0.25) is 0 Å². The van der Waals surface area contributed by atoms with Crippen LogP contribution in [0.15, 0.2) is 33.3 Å². The number of aromatic nitrogens is 3. The molecule has 2 N–H and O–H groups in total. The molecule has 0 fully saturated rings. The standard InChI is InChI=1S/C8H8N4S2/c9-3-6-4-12-7(5-11-6)14-8-10-1-2-13-8/h1-2,4-5H,3,9H2. The fraction of sp³-hybridized carbons (Fsp3) is 0.125. The van der Waals surface area contributed by atoms with Crippen molar-refractivity contribution in [1.29, 1.82) is 0 Å². The molecular formula is C8H8N4S2. The predicted molar refractivity (Wildman–Crippen MR) is 56.2 cm³/mol. The molecule has 2 aromatic rings. The maximum atomic E-state index is 5.42. The Balaban J connectivity index is 2.10. The Morgan fingerprint density at radius 3 is 2.79 bits per heavy atom. The zero-order valence-corrected chi connectivity index (χ0v) is 8.88. The van der Waals surface area contributed by atoms with E-state index in [1.165, 1.54) is 11.8 Å². The van der Waals surface area contributed by atoms with Gasteiger partial charge in [0, 0.05) is 18.1 Å². The van der Waals surface area contributed by atoms with E-state index in [0.29, 0.717) is 6.54 Å². The van der Waals surface area contributed by atoms with Crippen LogP contribution in [0.25, 0.3) is 0 Å². The molecule has 14 heavy (non-hydrogen) atoms. The smallest absolute Gasteiger partial charge is 0.156 e. The van der Waals surface area contributed by atoms with Crippen LogP contribution in [0.1, 0.15) is 5.69 Å². The van der Waals surface area contributed by atoms with E-state index in [1.807, 2.05) is 5.38 Å². The highest BCUT2D eigenvalue weighted by molar-refractivity contribution is 8.00. The molecule has 0 saturated carbocycles. The first-order valence-electron chi connectivity index (χ1n) is 3.97. The lowest BCUT2D eigenvalue weighted by atomic mass is 10.5. The number of thiazole rings is 1. The molecule has 0 aliphatic rings. The minimum Gasteiger partial charge on any atom is -0.325 e. The molecule has 4 nitrogen and oxygen atoms in total. The van der Waals surface area contributed by atoms with Crippen LogP contribution in [-0.4, -0.2) is 15.0 Å². The largest absolute Gasteiger partial charge is 0.325 e. The van der Waals surface area contributed by atoms with Crippen molar-refractivity contribution in [2.45, 2.75) is 15.9 Å². The van der Waals surface area contributed by atoms with Crippen molar-refractivity contribution in [1.82, 2.24) is 15.0 Å². The summed E-state index contributed by atoms with van der Waals surface area (Å²) >= 11 is 3.09. The van der Waals surface area contributed by atoms with Gasteiger partial charge in [0.15, 0.2) is 4.34 Å². The van der Waals surface area contributed by atoms with Gasteiger partial charge < -0.3 is 5.73 Å². The molecule has 0 aliphatic heterocycles. The van der Waals surface area contributed by atoms with Crippen LogP contribution in [0.3, 0.4) is 0 Å². The molecule has 2 heterocycles. The number of nitrogens with two attached hydrogens (primary N) is 1. The zero-order chi connectivity index (χ0) is 9.80. The van der Waals surface area contributed by atoms with E-state index >= 15 is 0 Å². The van der Waals surface area contributed by atoms with E-state index in [2.05, 4.69) is 15.0 Å². The van der Waals surface area contributed by atoms with Crippen LogP contribution in [0.2, 0.25) is 0 Å². The molecule has 0 bridgehead atoms. The first kappa shape index (κ1) is 9.57. The fourth-order valence-electron chi connectivity index (χ4n) is 0.851. The van der Waals surface area contributed by atoms with Crippen LogP contribution in [0.5, 0.6) is 0 Å². The van der Waals surface area contributed by atoms with Gasteiger partial charge in [-0.25, -0.2) is 9.97 Å². The van der Waals surface area contributed by atoms with Crippen LogP contribution >= 0.6 is 23.1 Å². The highest BCUT2D eigenvalue weighted by Crippen LogP contribution is 2.26. The van der Waals surface area contributed by atoms with E-state index < -0.39 is 0 Å². The molecular weight excluding hydrogens is 216 g/mol. The molecule has 6 heteroatoms. The highest BCUT2D eigenvalue weighted by atomic mass is 32.2. The summed E-state index contributed by atoms with van der Waals surface area (Å²) < 4.78 is 0.972. The Morgan fingerprint density at radius 1 is 1.29 bits per heavy atom. The van der Waals surface area contributed by atoms with E-state index in [9.17, 15) is 0 Å². The van der Waals surface area contributed by atoms with Crippen LogP contribution < -0.4 is 5.73 Å². The Kier molecular flexibility index (Phi) is 3.07. The third kappa shape index (κ3) is 2.28. The molecule has 0 aliphatic carbocycles. The van der Waals surface area contributed by atoms with Gasteiger partial charge in [-0.15, -0.1) is 11.3 Å². The summed E-state index contributed by atoms with van der Waals surface area (Å²) in [5.74, 6) is 0. The summed E-state index contributed by atoms with van der Waals surface area (Å²) in [5.41, 5.74) is 6.22. The van der Waals surface area contributed by atoms with E-state index in [1.54, 1.807) is 29.9 Å². The Hall–Kier alpha value is -0.980. The van der Waals surface area contributed by atoms with Crippen LogP contribution in [0, 0.1) is 0 Å². The average Bonchev–Trinajstić information content (AvgIpc) is 2.72. The SMILES string of the molecule is NCc1cnc(Sc2nccs2)cn1. The lowest BCUT2D eigenvalue weighted by Gasteiger charge is -1.97. The zero-order valence-electron chi connectivity index (χ0n) is 7.25. The molecule has 0 unspecified atom stereocenters. The summed E-state index contributed by atoms with van der Waals surface area (Å²) in [7, 11) is 0. The van der Waals surface area contributed by atoms with Gasteiger partial charge in [0.25, 0.3) is 0 Å². The molecule has 0 saturated heterocycles. The second-order valence-corrected chi connectivity index (χ2v) is 4.61. The summed E-state index contributed by atoms with van der Waals surface area (Å²) in [6.45, 7) is 0.426. The van der Waals surface area contributed by atoms with Gasteiger partial charge >= 0.3 is 0 Å². The third-order valence-corrected chi connectivity index (χ3v) is 3.30. The highest BCUT2D eigenvalue weighted by Gasteiger charge is 2.01. The van der Waals surface area contributed by atoms with Gasteiger partial charge in [-0.05, 0) is 11.8 Å². The predicted octanol–water partition coefficient (Wildman–Crippen LogP) is 1.54. The molecule has 0 radical (unpaired) electrons. The minimum absolute atomic E-state index is 0.426. The lowest BCUT2D eigenvalue weighted by molar-refractivity contribution is 0.923. The molecule has 2 rings (SSSR count). The molecule has 72 valence electrons. The first-order chi connectivity index (χ1) is 6.88. The number of hydrogen-bond acceptors (Lipinski definition) is 6. The summed E-state index contributed by atoms with van der Waals surface area (Å²) in [4.78, 5) is 12.5. The Morgan fingerprint density at radius 2 is 2.21 bits per heavy atom. The molecule has 0 aromatic carbocycles. The maximum Gasteiger partial charge on any atom is 0.156 e. The molecule has 0 spiro atoms. The topological polar surface area (TPSA) is 64.7 Å². The maximum absolute atomic E-state index is 5.42. The van der Waals surface area contributed by atoms with Crippen LogP contribution in [-0.2, 0) is 6.54 Å². The van der Waals surface area contributed by atoms with Gasteiger partial charge in [0.05, 0.1) is 18.1 Å². The second kappa shape index (κ2) is 4.50. The van der Waals surface area contributed by atoms with Crippen molar-refractivity contribution < 1.29 is 0 Å².